The van der Waals surface area contributed by atoms with Gasteiger partial charge < -0.3 is 14.6 Å². The molecule has 6 nitrogen and oxygen atoms in total. The van der Waals surface area contributed by atoms with Gasteiger partial charge in [-0.1, -0.05) is 25.5 Å². The molecule has 108 valence electrons. The Hall–Kier alpha value is -2.37. The predicted octanol–water partition coefficient (Wildman–Crippen LogP) is 1.88. The zero-order valence-corrected chi connectivity index (χ0v) is 11.1. The number of carboxylic acid groups (broad SMARTS) is 1. The molecule has 0 bridgehead atoms. The summed E-state index contributed by atoms with van der Waals surface area (Å²) in [5.41, 5.74) is -0.266. The molecule has 0 aliphatic rings. The van der Waals surface area contributed by atoms with Crippen molar-refractivity contribution in [2.75, 3.05) is 13.2 Å². The van der Waals surface area contributed by atoms with E-state index in [1.54, 1.807) is 0 Å². The van der Waals surface area contributed by atoms with E-state index in [1.165, 1.54) is 24.3 Å². The van der Waals surface area contributed by atoms with Gasteiger partial charge in [0.1, 0.15) is 0 Å². The summed E-state index contributed by atoms with van der Waals surface area (Å²) in [6.45, 7) is 1.70. The van der Waals surface area contributed by atoms with Crippen LogP contribution < -0.4 is 0 Å². The van der Waals surface area contributed by atoms with Crippen LogP contribution in [0.1, 0.15) is 40.5 Å². The van der Waals surface area contributed by atoms with Gasteiger partial charge in [0.05, 0.1) is 17.7 Å². The van der Waals surface area contributed by atoms with Crippen molar-refractivity contribution >= 4 is 17.9 Å². The van der Waals surface area contributed by atoms with Crippen LogP contribution in [0.4, 0.5) is 0 Å². The molecule has 1 N–H and O–H groups in total. The van der Waals surface area contributed by atoms with Crippen molar-refractivity contribution in [3.05, 3.63) is 35.4 Å². The lowest BCUT2D eigenvalue weighted by molar-refractivity contribution is -0.147. The molecule has 1 aromatic rings. The second-order valence-corrected chi connectivity index (χ2v) is 4.00. The number of carbonyl (C=O) groups is 3. The number of benzene rings is 1. The predicted molar refractivity (Wildman–Crippen MR) is 69.6 cm³/mol. The summed E-state index contributed by atoms with van der Waals surface area (Å²) in [5, 5.41) is 8.94. The topological polar surface area (TPSA) is 89.9 Å². The van der Waals surface area contributed by atoms with Gasteiger partial charge in [0.15, 0.2) is 6.61 Å². The van der Waals surface area contributed by atoms with Crippen LogP contribution in [0.3, 0.4) is 0 Å². The van der Waals surface area contributed by atoms with Crippen molar-refractivity contribution in [1.29, 1.82) is 0 Å². The molecule has 0 spiro atoms. The van der Waals surface area contributed by atoms with Crippen LogP contribution in [0.15, 0.2) is 24.3 Å². The Labute approximate surface area is 116 Å². The van der Waals surface area contributed by atoms with Crippen LogP contribution in [0, 0.1) is 0 Å². The first-order valence-electron chi connectivity index (χ1n) is 6.21. The first-order chi connectivity index (χ1) is 9.56. The molecule has 0 radical (unpaired) electrons. The highest BCUT2D eigenvalue weighted by molar-refractivity contribution is 6.02. The molecule has 0 atom stereocenters. The Morgan fingerprint density at radius 1 is 1.10 bits per heavy atom. The molecule has 0 unspecified atom stereocenters. The molecule has 1 rings (SSSR count). The van der Waals surface area contributed by atoms with Gasteiger partial charge in [0.2, 0.25) is 0 Å². The van der Waals surface area contributed by atoms with E-state index in [0.717, 1.165) is 12.8 Å². The van der Waals surface area contributed by atoms with Gasteiger partial charge in [-0.2, -0.15) is 0 Å². The fourth-order valence-corrected chi connectivity index (χ4v) is 1.42. The number of unbranched alkanes of at least 4 members (excludes halogenated alkanes) is 1. The Morgan fingerprint density at radius 2 is 1.75 bits per heavy atom. The van der Waals surface area contributed by atoms with Crippen LogP contribution in [0.5, 0.6) is 0 Å². The number of ether oxygens (including phenoxy) is 2. The second kappa shape index (κ2) is 7.93. The van der Waals surface area contributed by atoms with Gasteiger partial charge in [-0.05, 0) is 18.6 Å². The smallest absolute Gasteiger partial charge is 0.344 e. The molecule has 1 aromatic carbocycles. The third-order valence-corrected chi connectivity index (χ3v) is 2.46. The highest BCUT2D eigenvalue weighted by Gasteiger charge is 2.18. The molecule has 0 heterocycles. The highest BCUT2D eigenvalue weighted by Crippen LogP contribution is 2.10. The van der Waals surface area contributed by atoms with E-state index in [2.05, 4.69) is 0 Å². The van der Waals surface area contributed by atoms with Gasteiger partial charge in [-0.15, -0.1) is 0 Å². The first-order valence-corrected chi connectivity index (χ1v) is 6.21. The number of carboxylic acids is 1. The molecule has 0 aromatic heterocycles. The van der Waals surface area contributed by atoms with Crippen molar-refractivity contribution in [2.24, 2.45) is 0 Å². The average Bonchev–Trinajstić information content (AvgIpc) is 2.45. The molecule has 0 aliphatic carbocycles. The highest BCUT2D eigenvalue weighted by atomic mass is 16.6. The van der Waals surface area contributed by atoms with Crippen LogP contribution in [0.25, 0.3) is 0 Å². The van der Waals surface area contributed by atoms with E-state index in [0.29, 0.717) is 0 Å². The minimum absolute atomic E-state index is 0.0960. The maximum absolute atomic E-state index is 11.7. The molecule has 0 aliphatic heterocycles. The third-order valence-electron chi connectivity index (χ3n) is 2.46. The normalized spacial score (nSPS) is 9.85. The molecular formula is C14H16O6. The molecule has 0 saturated heterocycles. The standard InChI is InChI=1S/C14H16O6/c1-2-3-8-19-12(15)9-20-14(18)11-7-5-4-6-10(11)13(16)17/h4-7H,2-3,8-9H2,1H3,(H,16,17). The van der Waals surface area contributed by atoms with Crippen LogP contribution >= 0.6 is 0 Å². The second-order valence-electron chi connectivity index (χ2n) is 4.00. The Bertz CT molecular complexity index is 494. The SMILES string of the molecule is CCCCOC(=O)COC(=O)c1ccccc1C(=O)O. The Balaban J connectivity index is 2.55. The van der Waals surface area contributed by atoms with E-state index in [9.17, 15) is 14.4 Å². The summed E-state index contributed by atoms with van der Waals surface area (Å²) >= 11 is 0. The van der Waals surface area contributed by atoms with Crippen LogP contribution in [-0.4, -0.2) is 36.2 Å². The first kappa shape index (κ1) is 15.7. The third kappa shape index (κ3) is 4.72. The minimum atomic E-state index is -1.23. The van der Waals surface area contributed by atoms with Gasteiger partial charge >= 0.3 is 17.9 Å². The summed E-state index contributed by atoms with van der Waals surface area (Å²) in [7, 11) is 0. The molecule has 6 heteroatoms. The number of rotatable bonds is 7. The van der Waals surface area contributed by atoms with Crippen molar-refractivity contribution in [2.45, 2.75) is 19.8 Å². The maximum atomic E-state index is 11.7. The van der Waals surface area contributed by atoms with Gasteiger partial charge in [-0.3, -0.25) is 0 Å². The lowest BCUT2D eigenvalue weighted by Gasteiger charge is -2.07. The molecule has 20 heavy (non-hydrogen) atoms. The van der Waals surface area contributed by atoms with Crippen molar-refractivity contribution in [3.8, 4) is 0 Å². The van der Waals surface area contributed by atoms with Gasteiger partial charge in [0.25, 0.3) is 0 Å². The zero-order valence-electron chi connectivity index (χ0n) is 11.1. The number of carbonyl (C=O) groups excluding carboxylic acids is 2. The van der Waals surface area contributed by atoms with E-state index in [1.807, 2.05) is 6.92 Å². The van der Waals surface area contributed by atoms with Crippen molar-refractivity contribution in [3.63, 3.8) is 0 Å². The van der Waals surface area contributed by atoms with E-state index in [-0.39, 0.29) is 17.7 Å². The summed E-state index contributed by atoms with van der Waals surface area (Å²) in [5.74, 6) is -2.75. The Morgan fingerprint density at radius 3 is 2.35 bits per heavy atom. The number of esters is 2. The van der Waals surface area contributed by atoms with Crippen molar-refractivity contribution < 1.29 is 29.0 Å². The van der Waals surface area contributed by atoms with Crippen LogP contribution in [-0.2, 0) is 14.3 Å². The molecule has 0 amide bonds. The Kier molecular flexibility index (Phi) is 6.22. The summed E-state index contributed by atoms with van der Waals surface area (Å²) in [6, 6.07) is 5.63. The maximum Gasteiger partial charge on any atom is 0.344 e. The van der Waals surface area contributed by atoms with Crippen LogP contribution in [0.2, 0.25) is 0 Å². The monoisotopic (exact) mass is 280 g/mol. The average molecular weight is 280 g/mol. The molecular weight excluding hydrogens is 264 g/mol. The number of hydrogen-bond donors (Lipinski definition) is 1. The molecule has 0 fully saturated rings. The lowest BCUT2D eigenvalue weighted by Crippen LogP contribution is -2.18. The number of hydrogen-bond acceptors (Lipinski definition) is 5. The van der Waals surface area contributed by atoms with E-state index in [4.69, 9.17) is 14.6 Å². The molecule has 0 saturated carbocycles. The van der Waals surface area contributed by atoms with E-state index < -0.39 is 24.5 Å². The number of aromatic carboxylic acids is 1. The van der Waals surface area contributed by atoms with Gasteiger partial charge in [-0.25, -0.2) is 14.4 Å². The van der Waals surface area contributed by atoms with E-state index >= 15 is 0 Å². The summed E-state index contributed by atoms with van der Waals surface area (Å²) < 4.78 is 9.55. The van der Waals surface area contributed by atoms with Crippen molar-refractivity contribution in [1.82, 2.24) is 0 Å². The largest absolute Gasteiger partial charge is 0.478 e. The fraction of sp³-hybridized carbons (Fsp3) is 0.357. The fourth-order valence-electron chi connectivity index (χ4n) is 1.42. The quantitative estimate of drug-likeness (QED) is 0.606. The summed E-state index contributed by atoms with van der Waals surface area (Å²) in [4.78, 5) is 33.9. The lowest BCUT2D eigenvalue weighted by atomic mass is 10.1. The minimum Gasteiger partial charge on any atom is -0.478 e. The zero-order chi connectivity index (χ0) is 15.0. The summed E-state index contributed by atoms with van der Waals surface area (Å²) in [6.07, 6.45) is 1.63. The van der Waals surface area contributed by atoms with Gasteiger partial charge in [0, 0.05) is 0 Å².